The number of rotatable bonds is 2. The highest BCUT2D eigenvalue weighted by molar-refractivity contribution is 7.12. The summed E-state index contributed by atoms with van der Waals surface area (Å²) in [5, 5.41) is 0.266. The first-order valence-electron chi connectivity index (χ1n) is 8.34. The molecule has 8 heteroatoms. The zero-order valence-electron chi connectivity index (χ0n) is 13.8. The van der Waals surface area contributed by atoms with Crippen molar-refractivity contribution in [3.63, 3.8) is 0 Å². The van der Waals surface area contributed by atoms with Crippen molar-refractivity contribution in [1.29, 1.82) is 0 Å². The molecule has 4 N–H and O–H groups in total. The van der Waals surface area contributed by atoms with E-state index in [-0.39, 0.29) is 22.7 Å². The molecule has 1 aromatic carbocycles. The number of nitrogens with two attached hydrogens (primary N) is 1. The number of pyridine rings is 1. The lowest BCUT2D eigenvalue weighted by molar-refractivity contribution is 0.387. The molecular weight excluding hydrogens is 343 g/mol. The SMILES string of the molecule is CNn1c2cc(C3CCC(N)CC3)c(F)cc2c(=O)c2c(=O)[nH]sc21. The average Bonchev–Trinajstić information content (AvgIpc) is 2.98. The fraction of sp³-hybridized carbons (Fsp3) is 0.412. The molecule has 0 atom stereocenters. The van der Waals surface area contributed by atoms with Crippen molar-refractivity contribution < 1.29 is 4.39 Å². The summed E-state index contributed by atoms with van der Waals surface area (Å²) < 4.78 is 19.0. The van der Waals surface area contributed by atoms with Gasteiger partial charge in [-0.2, -0.15) is 0 Å². The van der Waals surface area contributed by atoms with Crippen molar-refractivity contribution in [3.05, 3.63) is 44.1 Å². The molecule has 0 radical (unpaired) electrons. The molecule has 0 amide bonds. The zero-order chi connectivity index (χ0) is 17.7. The van der Waals surface area contributed by atoms with Gasteiger partial charge in [-0.05, 0) is 60.8 Å². The topological polar surface area (TPSA) is 92.9 Å². The van der Waals surface area contributed by atoms with Crippen molar-refractivity contribution in [2.24, 2.45) is 5.73 Å². The molecule has 25 heavy (non-hydrogen) atoms. The van der Waals surface area contributed by atoms with Crippen LogP contribution in [0.5, 0.6) is 0 Å². The standard InChI is InChI=1S/C17H19FN4O2S/c1-20-22-13-7-10(8-2-4-9(19)5-3-8)12(18)6-11(13)15(23)14-16(24)21-25-17(14)22/h6-9,20H,2-5,19H2,1H3,(H,21,24). The first-order valence-corrected chi connectivity index (χ1v) is 9.15. The lowest BCUT2D eigenvalue weighted by atomic mass is 9.81. The van der Waals surface area contributed by atoms with Gasteiger partial charge in [0.2, 0.25) is 5.43 Å². The molecule has 2 aromatic heterocycles. The average molecular weight is 362 g/mol. The molecule has 132 valence electrons. The molecule has 1 fully saturated rings. The van der Waals surface area contributed by atoms with Gasteiger partial charge in [-0.25, -0.2) is 9.07 Å². The molecule has 3 aromatic rings. The minimum atomic E-state index is -0.443. The van der Waals surface area contributed by atoms with Gasteiger partial charge in [-0.15, -0.1) is 0 Å². The van der Waals surface area contributed by atoms with Gasteiger partial charge in [0, 0.05) is 13.1 Å². The summed E-state index contributed by atoms with van der Waals surface area (Å²) in [4.78, 5) is 25.1. The predicted octanol–water partition coefficient (Wildman–Crippen LogP) is 2.20. The molecule has 0 unspecified atom stereocenters. The maximum absolute atomic E-state index is 14.8. The van der Waals surface area contributed by atoms with Crippen LogP contribution in [0.1, 0.15) is 37.2 Å². The van der Waals surface area contributed by atoms with Crippen molar-refractivity contribution in [2.75, 3.05) is 12.5 Å². The highest BCUT2D eigenvalue weighted by Crippen LogP contribution is 2.35. The fourth-order valence-electron chi connectivity index (χ4n) is 3.81. The summed E-state index contributed by atoms with van der Waals surface area (Å²) >= 11 is 1.09. The minimum Gasteiger partial charge on any atom is -0.328 e. The number of nitrogens with one attached hydrogen (secondary N) is 2. The lowest BCUT2D eigenvalue weighted by Gasteiger charge is -2.27. The molecule has 0 aliphatic heterocycles. The van der Waals surface area contributed by atoms with Crippen molar-refractivity contribution in [1.82, 2.24) is 9.05 Å². The van der Waals surface area contributed by atoms with Gasteiger partial charge in [0.15, 0.2) is 0 Å². The van der Waals surface area contributed by atoms with Gasteiger partial charge in [0.1, 0.15) is 16.0 Å². The predicted molar refractivity (Wildman–Crippen MR) is 98.6 cm³/mol. The summed E-state index contributed by atoms with van der Waals surface area (Å²) in [6.07, 6.45) is 3.43. The molecule has 0 spiro atoms. The molecule has 1 saturated carbocycles. The van der Waals surface area contributed by atoms with Crippen LogP contribution in [-0.4, -0.2) is 22.1 Å². The minimum absolute atomic E-state index is 0.0580. The summed E-state index contributed by atoms with van der Waals surface area (Å²) in [6.45, 7) is 0. The Kier molecular flexibility index (Phi) is 3.88. The van der Waals surface area contributed by atoms with Crippen LogP contribution in [0.15, 0.2) is 21.7 Å². The molecule has 6 nitrogen and oxygen atoms in total. The summed E-state index contributed by atoms with van der Waals surface area (Å²) in [6, 6.07) is 3.20. The largest absolute Gasteiger partial charge is 0.328 e. The number of aromatic amines is 1. The molecule has 1 aliphatic rings. The van der Waals surface area contributed by atoms with Gasteiger partial charge in [0.05, 0.1) is 10.9 Å². The number of hydrogen-bond acceptors (Lipinski definition) is 5. The number of H-pyrrole nitrogens is 1. The van der Waals surface area contributed by atoms with Crippen molar-refractivity contribution in [2.45, 2.75) is 37.6 Å². The number of halogens is 1. The molecular formula is C17H19FN4O2S. The maximum Gasteiger partial charge on any atom is 0.271 e. The fourth-order valence-corrected chi connectivity index (χ4v) is 4.67. The van der Waals surface area contributed by atoms with E-state index >= 15 is 0 Å². The van der Waals surface area contributed by atoms with E-state index in [0.717, 1.165) is 37.2 Å². The third kappa shape index (κ3) is 2.47. The summed E-state index contributed by atoms with van der Waals surface area (Å²) in [5.41, 5.74) is 9.27. The highest BCUT2D eigenvalue weighted by atomic mass is 32.1. The van der Waals surface area contributed by atoms with Crippen LogP contribution >= 0.6 is 11.5 Å². The van der Waals surface area contributed by atoms with Crippen LogP contribution in [0.25, 0.3) is 21.1 Å². The van der Waals surface area contributed by atoms with E-state index in [9.17, 15) is 14.0 Å². The van der Waals surface area contributed by atoms with Crippen LogP contribution in [0, 0.1) is 5.82 Å². The van der Waals surface area contributed by atoms with E-state index in [2.05, 4.69) is 9.80 Å². The maximum atomic E-state index is 14.8. The van der Waals surface area contributed by atoms with E-state index in [1.54, 1.807) is 17.8 Å². The first-order chi connectivity index (χ1) is 12.0. The molecule has 0 bridgehead atoms. The van der Waals surface area contributed by atoms with Crippen LogP contribution in [-0.2, 0) is 0 Å². The Morgan fingerprint density at radius 1 is 1.28 bits per heavy atom. The van der Waals surface area contributed by atoms with Crippen LogP contribution in [0.3, 0.4) is 0 Å². The van der Waals surface area contributed by atoms with E-state index in [4.69, 9.17) is 5.73 Å². The van der Waals surface area contributed by atoms with Gasteiger partial charge in [-0.1, -0.05) is 0 Å². The van der Waals surface area contributed by atoms with Gasteiger partial charge in [-0.3, -0.25) is 14.0 Å². The third-order valence-electron chi connectivity index (χ3n) is 5.15. The van der Waals surface area contributed by atoms with E-state index < -0.39 is 16.8 Å². The van der Waals surface area contributed by atoms with Crippen LogP contribution < -0.4 is 22.1 Å². The second-order valence-electron chi connectivity index (χ2n) is 6.60. The summed E-state index contributed by atoms with van der Waals surface area (Å²) in [7, 11) is 1.70. The Balaban J connectivity index is 2.00. The zero-order valence-corrected chi connectivity index (χ0v) is 14.6. The van der Waals surface area contributed by atoms with Crippen LogP contribution in [0.2, 0.25) is 0 Å². The first kappa shape index (κ1) is 16.3. The quantitative estimate of drug-likeness (QED) is 0.652. The van der Waals surface area contributed by atoms with E-state index in [1.807, 2.05) is 0 Å². The number of aromatic nitrogens is 2. The normalized spacial score (nSPS) is 21.1. The Morgan fingerprint density at radius 2 is 2.00 bits per heavy atom. The number of nitrogens with zero attached hydrogens (tertiary/aromatic N) is 1. The highest BCUT2D eigenvalue weighted by Gasteiger charge is 2.24. The lowest BCUT2D eigenvalue weighted by Crippen LogP contribution is -2.26. The third-order valence-corrected chi connectivity index (χ3v) is 6.01. The Morgan fingerprint density at radius 3 is 2.68 bits per heavy atom. The summed E-state index contributed by atoms with van der Waals surface area (Å²) in [5.74, 6) is -0.288. The van der Waals surface area contributed by atoms with Gasteiger partial charge < -0.3 is 11.2 Å². The van der Waals surface area contributed by atoms with Crippen molar-refractivity contribution in [3.8, 4) is 0 Å². The van der Waals surface area contributed by atoms with E-state index in [0.29, 0.717) is 15.9 Å². The van der Waals surface area contributed by atoms with E-state index in [1.165, 1.54) is 6.07 Å². The Hall–Kier alpha value is -2.19. The van der Waals surface area contributed by atoms with Gasteiger partial charge in [0.25, 0.3) is 5.56 Å². The molecule has 2 heterocycles. The molecule has 0 saturated heterocycles. The molecule has 4 rings (SSSR count). The van der Waals surface area contributed by atoms with Crippen molar-refractivity contribution >= 4 is 32.7 Å². The Labute approximate surface area is 146 Å². The smallest absolute Gasteiger partial charge is 0.271 e. The second-order valence-corrected chi connectivity index (χ2v) is 7.40. The number of fused-ring (bicyclic) bond motifs is 2. The molecule has 1 aliphatic carbocycles. The number of benzene rings is 1. The van der Waals surface area contributed by atoms with Gasteiger partial charge >= 0.3 is 0 Å². The van der Waals surface area contributed by atoms with Crippen LogP contribution in [0.4, 0.5) is 4.39 Å². The second kappa shape index (κ2) is 5.96. The Bertz CT molecular complexity index is 1080. The number of hydrogen-bond donors (Lipinski definition) is 3. The monoisotopic (exact) mass is 362 g/mol.